The summed E-state index contributed by atoms with van der Waals surface area (Å²) in [6.07, 6.45) is -2.83. The minimum absolute atomic E-state index is 0.0702. The Kier molecular flexibility index (Phi) is 3.24. The molecule has 1 saturated heterocycles. The number of aromatic nitrogens is 1. The highest BCUT2D eigenvalue weighted by Gasteiger charge is 2.33. The van der Waals surface area contributed by atoms with Gasteiger partial charge in [-0.2, -0.15) is 13.2 Å². The minimum Gasteiger partial charge on any atom is -0.399 e. The molecule has 3 N–H and O–H groups in total. The predicted molar refractivity (Wildman–Crippen MR) is 58.5 cm³/mol. The van der Waals surface area contributed by atoms with Gasteiger partial charge in [0.15, 0.2) is 0 Å². The van der Waals surface area contributed by atoms with Crippen molar-refractivity contribution in [1.82, 2.24) is 10.3 Å². The third-order valence-electron chi connectivity index (χ3n) is 2.92. The van der Waals surface area contributed by atoms with E-state index in [1.165, 1.54) is 0 Å². The molecule has 1 aromatic rings. The molecule has 0 atom stereocenters. The topological polar surface area (TPSA) is 50.9 Å². The quantitative estimate of drug-likeness (QED) is 0.797. The normalized spacial score (nSPS) is 18.3. The van der Waals surface area contributed by atoms with Gasteiger partial charge in [-0.1, -0.05) is 0 Å². The zero-order valence-electron chi connectivity index (χ0n) is 9.22. The zero-order valence-corrected chi connectivity index (χ0v) is 9.22. The van der Waals surface area contributed by atoms with Crippen LogP contribution in [0.1, 0.15) is 30.1 Å². The summed E-state index contributed by atoms with van der Waals surface area (Å²) in [4.78, 5) is 3.70. The van der Waals surface area contributed by atoms with Crippen LogP contribution >= 0.6 is 0 Å². The van der Waals surface area contributed by atoms with Gasteiger partial charge in [-0.3, -0.25) is 0 Å². The van der Waals surface area contributed by atoms with Crippen LogP contribution in [0.25, 0.3) is 0 Å². The van der Waals surface area contributed by atoms with Crippen LogP contribution in [-0.4, -0.2) is 18.1 Å². The number of hydrogen-bond acceptors (Lipinski definition) is 3. The van der Waals surface area contributed by atoms with Gasteiger partial charge in [0.05, 0.1) is 0 Å². The molecule has 0 bridgehead atoms. The Labute approximate surface area is 97.2 Å². The van der Waals surface area contributed by atoms with E-state index in [9.17, 15) is 13.2 Å². The smallest absolute Gasteiger partial charge is 0.399 e. The van der Waals surface area contributed by atoms with E-state index < -0.39 is 11.9 Å². The molecule has 2 rings (SSSR count). The molecule has 3 nitrogen and oxygen atoms in total. The van der Waals surface area contributed by atoms with Gasteiger partial charge in [0.2, 0.25) is 0 Å². The second-order valence-corrected chi connectivity index (χ2v) is 4.23. The lowest BCUT2D eigenvalue weighted by Gasteiger charge is -2.23. The lowest BCUT2D eigenvalue weighted by molar-refractivity contribution is -0.141. The van der Waals surface area contributed by atoms with E-state index in [-0.39, 0.29) is 11.6 Å². The molecule has 1 aliphatic heterocycles. The number of piperidine rings is 1. The second-order valence-electron chi connectivity index (χ2n) is 4.23. The maximum Gasteiger partial charge on any atom is 0.433 e. The Morgan fingerprint density at radius 3 is 2.47 bits per heavy atom. The number of alkyl halides is 3. The zero-order chi connectivity index (χ0) is 12.5. The summed E-state index contributed by atoms with van der Waals surface area (Å²) < 4.78 is 37.8. The van der Waals surface area contributed by atoms with Crippen LogP contribution < -0.4 is 11.1 Å². The van der Waals surface area contributed by atoms with Crippen molar-refractivity contribution in [1.29, 1.82) is 0 Å². The second kappa shape index (κ2) is 4.52. The number of nitrogens with two attached hydrogens (primary N) is 1. The van der Waals surface area contributed by atoms with Crippen LogP contribution in [0.15, 0.2) is 12.1 Å². The van der Waals surface area contributed by atoms with Crippen molar-refractivity contribution in [2.45, 2.75) is 24.9 Å². The molecule has 1 aliphatic rings. The number of nitrogens with zero attached hydrogens (tertiary/aromatic N) is 1. The average Bonchev–Trinajstić information content (AvgIpc) is 2.28. The Bertz CT molecular complexity index is 397. The van der Waals surface area contributed by atoms with Crippen LogP contribution in [0.3, 0.4) is 0 Å². The summed E-state index contributed by atoms with van der Waals surface area (Å²) in [6.45, 7) is 1.62. The SMILES string of the molecule is Nc1cc(C2CCNCC2)nc(C(F)(F)F)c1. The van der Waals surface area contributed by atoms with E-state index in [0.29, 0.717) is 5.69 Å². The van der Waals surface area contributed by atoms with Crippen LogP contribution in [-0.2, 0) is 6.18 Å². The lowest BCUT2D eigenvalue weighted by atomic mass is 9.93. The molecule has 0 spiro atoms. The highest BCUT2D eigenvalue weighted by Crippen LogP contribution is 2.32. The summed E-state index contributed by atoms with van der Waals surface area (Å²) in [5, 5.41) is 3.16. The Morgan fingerprint density at radius 2 is 1.88 bits per heavy atom. The average molecular weight is 245 g/mol. The highest BCUT2D eigenvalue weighted by molar-refractivity contribution is 5.42. The molecule has 0 saturated carbocycles. The van der Waals surface area contributed by atoms with Crippen molar-refractivity contribution in [3.05, 3.63) is 23.5 Å². The number of halogens is 3. The van der Waals surface area contributed by atoms with Crippen molar-refractivity contribution in [2.75, 3.05) is 18.8 Å². The molecule has 94 valence electrons. The predicted octanol–water partition coefficient (Wildman–Crippen LogP) is 2.15. The number of hydrogen-bond donors (Lipinski definition) is 2. The number of pyridine rings is 1. The molecule has 0 amide bonds. The van der Waals surface area contributed by atoms with Gasteiger partial charge in [0.1, 0.15) is 5.69 Å². The van der Waals surface area contributed by atoms with Crippen LogP contribution in [0.4, 0.5) is 18.9 Å². The van der Waals surface area contributed by atoms with E-state index >= 15 is 0 Å². The molecule has 0 aliphatic carbocycles. The van der Waals surface area contributed by atoms with Crippen LogP contribution in [0.2, 0.25) is 0 Å². The fraction of sp³-hybridized carbons (Fsp3) is 0.545. The number of nitrogens with one attached hydrogen (secondary N) is 1. The van der Waals surface area contributed by atoms with Crippen LogP contribution in [0.5, 0.6) is 0 Å². The molecule has 0 radical (unpaired) electrons. The summed E-state index contributed by atoms with van der Waals surface area (Å²) in [5.74, 6) is 0.0702. The number of nitrogen functional groups attached to an aromatic ring is 1. The van der Waals surface area contributed by atoms with Gasteiger partial charge in [-0.05, 0) is 38.1 Å². The first kappa shape index (κ1) is 12.2. The van der Waals surface area contributed by atoms with Gasteiger partial charge in [0, 0.05) is 17.3 Å². The summed E-state index contributed by atoms with van der Waals surface area (Å²) in [5.41, 5.74) is 5.19. The van der Waals surface area contributed by atoms with E-state index in [2.05, 4.69) is 10.3 Å². The molecule has 6 heteroatoms. The standard InChI is InChI=1S/C11H14F3N3/c12-11(13,14)10-6-8(15)5-9(17-10)7-1-3-16-4-2-7/h5-7,16H,1-4H2,(H2,15,17). The molecule has 1 fully saturated rings. The Morgan fingerprint density at radius 1 is 1.24 bits per heavy atom. The van der Waals surface area contributed by atoms with Crippen molar-refractivity contribution in [3.63, 3.8) is 0 Å². The molecule has 0 unspecified atom stereocenters. The van der Waals surface area contributed by atoms with E-state index in [1.807, 2.05) is 0 Å². The molecule has 0 aromatic carbocycles. The van der Waals surface area contributed by atoms with Crippen LogP contribution in [0, 0.1) is 0 Å². The summed E-state index contributed by atoms with van der Waals surface area (Å²) >= 11 is 0. The molecule has 2 heterocycles. The van der Waals surface area contributed by atoms with Crippen molar-refractivity contribution in [3.8, 4) is 0 Å². The van der Waals surface area contributed by atoms with E-state index in [0.717, 1.165) is 32.0 Å². The van der Waals surface area contributed by atoms with Gasteiger partial charge < -0.3 is 11.1 Å². The third-order valence-corrected chi connectivity index (χ3v) is 2.92. The van der Waals surface area contributed by atoms with Gasteiger partial charge in [-0.15, -0.1) is 0 Å². The van der Waals surface area contributed by atoms with Crippen molar-refractivity contribution >= 4 is 5.69 Å². The largest absolute Gasteiger partial charge is 0.433 e. The third kappa shape index (κ3) is 2.88. The number of rotatable bonds is 1. The van der Waals surface area contributed by atoms with Crippen molar-refractivity contribution in [2.24, 2.45) is 0 Å². The minimum atomic E-state index is -4.43. The first-order valence-corrected chi connectivity index (χ1v) is 5.52. The van der Waals surface area contributed by atoms with Gasteiger partial charge in [0.25, 0.3) is 0 Å². The Hall–Kier alpha value is -1.30. The highest BCUT2D eigenvalue weighted by atomic mass is 19.4. The van der Waals surface area contributed by atoms with E-state index in [1.54, 1.807) is 6.07 Å². The fourth-order valence-corrected chi connectivity index (χ4v) is 2.05. The monoisotopic (exact) mass is 245 g/mol. The Balaban J connectivity index is 2.31. The molecular formula is C11H14F3N3. The molecular weight excluding hydrogens is 231 g/mol. The maximum absolute atomic E-state index is 12.6. The maximum atomic E-state index is 12.6. The molecule has 17 heavy (non-hydrogen) atoms. The fourth-order valence-electron chi connectivity index (χ4n) is 2.05. The lowest BCUT2D eigenvalue weighted by Crippen LogP contribution is -2.27. The van der Waals surface area contributed by atoms with Crippen molar-refractivity contribution < 1.29 is 13.2 Å². The number of anilines is 1. The van der Waals surface area contributed by atoms with Gasteiger partial charge in [-0.25, -0.2) is 4.98 Å². The summed E-state index contributed by atoms with van der Waals surface area (Å²) in [6, 6.07) is 2.43. The van der Waals surface area contributed by atoms with E-state index in [4.69, 9.17) is 5.73 Å². The van der Waals surface area contributed by atoms with Gasteiger partial charge >= 0.3 is 6.18 Å². The summed E-state index contributed by atoms with van der Waals surface area (Å²) in [7, 11) is 0. The molecule has 1 aromatic heterocycles. The first-order valence-electron chi connectivity index (χ1n) is 5.52. The first-order chi connectivity index (χ1) is 7.97.